The predicted molar refractivity (Wildman–Crippen MR) is 102 cm³/mol. The Hall–Kier alpha value is -2.86. The van der Waals surface area contributed by atoms with Gasteiger partial charge in [0.15, 0.2) is 11.6 Å². The molecule has 2 aromatic carbocycles. The second-order valence-corrected chi connectivity index (χ2v) is 6.41. The van der Waals surface area contributed by atoms with Gasteiger partial charge in [-0.2, -0.15) is 5.26 Å². The van der Waals surface area contributed by atoms with Crippen LogP contribution in [0.2, 0.25) is 0 Å². The molecule has 0 fully saturated rings. The standard InChI is InChI=1S/C23H22FNO/c1-2-3-4-8-11-20-21(18-14-12-17(16-25)13-15-18)22(24)23(26-20)19-9-6-5-7-10-19/h5-7,9-10,12-15H,2-4,8,11H2,1H3. The number of halogens is 1. The van der Waals surface area contributed by atoms with Gasteiger partial charge in [-0.05, 0) is 24.1 Å². The van der Waals surface area contributed by atoms with Crippen molar-refractivity contribution in [2.24, 2.45) is 0 Å². The van der Waals surface area contributed by atoms with Crippen molar-refractivity contribution in [3.8, 4) is 28.5 Å². The van der Waals surface area contributed by atoms with Gasteiger partial charge >= 0.3 is 0 Å². The smallest absolute Gasteiger partial charge is 0.177 e. The number of aryl methyl sites for hydroxylation is 1. The van der Waals surface area contributed by atoms with E-state index in [1.54, 1.807) is 24.3 Å². The second-order valence-electron chi connectivity index (χ2n) is 6.41. The third-order valence-electron chi connectivity index (χ3n) is 4.52. The van der Waals surface area contributed by atoms with Crippen molar-refractivity contribution in [3.63, 3.8) is 0 Å². The Bertz CT molecular complexity index is 888. The summed E-state index contributed by atoms with van der Waals surface area (Å²) in [5.41, 5.74) is 2.56. The van der Waals surface area contributed by atoms with Crippen molar-refractivity contribution < 1.29 is 8.81 Å². The van der Waals surface area contributed by atoms with Crippen LogP contribution in [0.15, 0.2) is 59.0 Å². The SMILES string of the molecule is CCCCCCc1oc(-c2ccccc2)c(F)c1-c1ccc(C#N)cc1. The van der Waals surface area contributed by atoms with Crippen molar-refractivity contribution >= 4 is 0 Å². The molecule has 1 heterocycles. The topological polar surface area (TPSA) is 36.9 Å². The molecule has 3 rings (SSSR count). The lowest BCUT2D eigenvalue weighted by Crippen LogP contribution is -1.89. The Kier molecular flexibility index (Phi) is 5.86. The molecule has 0 saturated carbocycles. The van der Waals surface area contributed by atoms with Gasteiger partial charge in [0.1, 0.15) is 5.76 Å². The van der Waals surface area contributed by atoms with Gasteiger partial charge in [0.2, 0.25) is 0 Å². The fourth-order valence-electron chi connectivity index (χ4n) is 3.12. The molecule has 0 radical (unpaired) electrons. The van der Waals surface area contributed by atoms with E-state index in [0.29, 0.717) is 23.3 Å². The molecule has 0 spiro atoms. The molecule has 1 aromatic heterocycles. The molecule has 0 N–H and O–H groups in total. The van der Waals surface area contributed by atoms with Gasteiger partial charge in [-0.3, -0.25) is 0 Å². The monoisotopic (exact) mass is 347 g/mol. The lowest BCUT2D eigenvalue weighted by atomic mass is 10.00. The maximum atomic E-state index is 15.3. The number of hydrogen-bond donors (Lipinski definition) is 0. The van der Waals surface area contributed by atoms with Crippen LogP contribution in [0.3, 0.4) is 0 Å². The zero-order valence-electron chi connectivity index (χ0n) is 15.0. The Morgan fingerprint density at radius 1 is 0.923 bits per heavy atom. The molecule has 3 aromatic rings. The summed E-state index contributed by atoms with van der Waals surface area (Å²) in [5.74, 6) is 0.643. The summed E-state index contributed by atoms with van der Waals surface area (Å²) in [5, 5.41) is 8.99. The molecule has 2 nitrogen and oxygen atoms in total. The van der Waals surface area contributed by atoms with Crippen molar-refractivity contribution in [1.29, 1.82) is 5.26 Å². The van der Waals surface area contributed by atoms with Crippen LogP contribution in [0.5, 0.6) is 0 Å². The lowest BCUT2D eigenvalue weighted by molar-refractivity contribution is 0.496. The molecule has 0 bridgehead atoms. The Balaban J connectivity index is 2.01. The minimum absolute atomic E-state index is 0.287. The van der Waals surface area contributed by atoms with E-state index in [9.17, 15) is 0 Å². The van der Waals surface area contributed by atoms with Gasteiger partial charge in [-0.25, -0.2) is 4.39 Å². The molecule has 0 aliphatic carbocycles. The van der Waals surface area contributed by atoms with E-state index in [1.165, 1.54) is 6.42 Å². The van der Waals surface area contributed by atoms with E-state index in [4.69, 9.17) is 9.68 Å². The Morgan fingerprint density at radius 2 is 1.65 bits per heavy atom. The van der Waals surface area contributed by atoms with Crippen molar-refractivity contribution in [1.82, 2.24) is 0 Å². The number of unbranched alkanes of at least 4 members (excludes halogenated alkanes) is 3. The first-order valence-electron chi connectivity index (χ1n) is 9.11. The molecular formula is C23H22FNO. The highest BCUT2D eigenvalue weighted by atomic mass is 19.1. The fraction of sp³-hybridized carbons (Fsp3) is 0.261. The van der Waals surface area contributed by atoms with Crippen LogP contribution in [-0.4, -0.2) is 0 Å². The molecule has 0 atom stereocenters. The van der Waals surface area contributed by atoms with Crippen LogP contribution in [0, 0.1) is 17.1 Å². The van der Waals surface area contributed by atoms with E-state index in [-0.39, 0.29) is 11.6 Å². The average Bonchev–Trinajstić information content (AvgIpc) is 3.02. The molecule has 3 heteroatoms. The highest BCUT2D eigenvalue weighted by Gasteiger charge is 2.22. The summed E-state index contributed by atoms with van der Waals surface area (Å²) in [6.45, 7) is 2.17. The van der Waals surface area contributed by atoms with Gasteiger partial charge in [0.25, 0.3) is 0 Å². The van der Waals surface area contributed by atoms with Gasteiger partial charge < -0.3 is 4.42 Å². The fourth-order valence-corrected chi connectivity index (χ4v) is 3.12. The van der Waals surface area contributed by atoms with E-state index in [1.807, 2.05) is 30.3 Å². The summed E-state index contributed by atoms with van der Waals surface area (Å²) in [6, 6.07) is 18.5. The first-order chi connectivity index (χ1) is 12.7. The maximum absolute atomic E-state index is 15.3. The number of benzene rings is 2. The van der Waals surface area contributed by atoms with Crippen LogP contribution < -0.4 is 0 Å². The number of hydrogen-bond acceptors (Lipinski definition) is 2. The molecule has 0 amide bonds. The zero-order valence-corrected chi connectivity index (χ0v) is 15.0. The highest BCUT2D eigenvalue weighted by Crippen LogP contribution is 2.37. The third kappa shape index (κ3) is 3.86. The minimum Gasteiger partial charge on any atom is -0.457 e. The Labute approximate surface area is 153 Å². The van der Waals surface area contributed by atoms with Gasteiger partial charge in [-0.15, -0.1) is 0 Å². The van der Waals surface area contributed by atoms with Crippen molar-refractivity contribution in [2.45, 2.75) is 39.0 Å². The van der Waals surface area contributed by atoms with E-state index < -0.39 is 0 Å². The van der Waals surface area contributed by atoms with Crippen LogP contribution in [-0.2, 0) is 6.42 Å². The first kappa shape index (κ1) is 17.9. The molecule has 132 valence electrons. The van der Waals surface area contributed by atoms with E-state index in [0.717, 1.165) is 30.4 Å². The summed E-state index contributed by atoms with van der Waals surface area (Å²) in [7, 11) is 0. The molecule has 0 aliphatic heterocycles. The first-order valence-corrected chi connectivity index (χ1v) is 9.11. The number of nitrogens with zero attached hydrogens (tertiary/aromatic N) is 1. The minimum atomic E-state index is -0.327. The molecule has 26 heavy (non-hydrogen) atoms. The van der Waals surface area contributed by atoms with Crippen LogP contribution in [0.25, 0.3) is 22.5 Å². The quantitative estimate of drug-likeness (QED) is 0.443. The summed E-state index contributed by atoms with van der Waals surface area (Å²) in [4.78, 5) is 0. The average molecular weight is 347 g/mol. The van der Waals surface area contributed by atoms with Gasteiger partial charge in [0.05, 0.1) is 17.2 Å². The number of nitriles is 1. The number of rotatable bonds is 7. The maximum Gasteiger partial charge on any atom is 0.177 e. The van der Waals surface area contributed by atoms with Crippen LogP contribution in [0.1, 0.15) is 43.9 Å². The Morgan fingerprint density at radius 3 is 2.31 bits per heavy atom. The lowest BCUT2D eigenvalue weighted by Gasteiger charge is -2.03. The summed E-state index contributed by atoms with van der Waals surface area (Å²) < 4.78 is 21.2. The van der Waals surface area contributed by atoms with E-state index >= 15 is 4.39 Å². The van der Waals surface area contributed by atoms with Crippen LogP contribution in [0.4, 0.5) is 4.39 Å². The highest BCUT2D eigenvalue weighted by molar-refractivity contribution is 5.74. The second kappa shape index (κ2) is 8.49. The van der Waals surface area contributed by atoms with Gasteiger partial charge in [0, 0.05) is 12.0 Å². The summed E-state index contributed by atoms with van der Waals surface area (Å²) in [6.07, 6.45) is 5.11. The van der Waals surface area contributed by atoms with Crippen molar-refractivity contribution in [3.05, 3.63) is 71.7 Å². The molecule has 0 unspecified atom stereocenters. The number of furan rings is 1. The third-order valence-corrected chi connectivity index (χ3v) is 4.52. The van der Waals surface area contributed by atoms with Crippen LogP contribution >= 0.6 is 0 Å². The van der Waals surface area contributed by atoms with Gasteiger partial charge in [-0.1, -0.05) is 68.7 Å². The van der Waals surface area contributed by atoms with Crippen molar-refractivity contribution in [2.75, 3.05) is 0 Å². The largest absolute Gasteiger partial charge is 0.457 e. The molecule has 0 aliphatic rings. The predicted octanol–water partition coefficient (Wildman–Crippen LogP) is 6.75. The summed E-state index contributed by atoms with van der Waals surface area (Å²) >= 11 is 0. The zero-order chi connectivity index (χ0) is 18.4. The molecule has 0 saturated heterocycles. The normalized spacial score (nSPS) is 10.7. The van der Waals surface area contributed by atoms with E-state index in [2.05, 4.69) is 13.0 Å². The molecular weight excluding hydrogens is 325 g/mol.